The lowest BCUT2D eigenvalue weighted by molar-refractivity contribution is -0.141. The minimum absolute atomic E-state index is 0.0836. The van der Waals surface area contributed by atoms with Crippen LogP contribution in [0.5, 0.6) is 0 Å². The lowest BCUT2D eigenvalue weighted by atomic mass is 9.94. The summed E-state index contributed by atoms with van der Waals surface area (Å²) in [6, 6.07) is 6.20. The van der Waals surface area contributed by atoms with Gasteiger partial charge >= 0.3 is 0 Å². The first kappa shape index (κ1) is 15.4. The Hall–Kier alpha value is -1.00. The second-order valence-corrected chi connectivity index (χ2v) is 6.98. The molecule has 3 nitrogen and oxygen atoms in total. The number of thioether (sulfide) groups is 1. The van der Waals surface area contributed by atoms with E-state index < -0.39 is 5.60 Å². The van der Waals surface area contributed by atoms with Gasteiger partial charge in [-0.15, -0.1) is 0 Å². The summed E-state index contributed by atoms with van der Waals surface area (Å²) in [5.74, 6) is 1.47. The summed E-state index contributed by atoms with van der Waals surface area (Å²) in [4.78, 5) is 12.3. The van der Waals surface area contributed by atoms with Gasteiger partial charge in [-0.05, 0) is 50.7 Å². The Morgan fingerprint density at radius 2 is 1.80 bits per heavy atom. The Morgan fingerprint density at radius 1 is 1.25 bits per heavy atom. The molecule has 1 unspecified atom stereocenters. The summed E-state index contributed by atoms with van der Waals surface area (Å²) in [5, 5.41) is 13.4. The number of amides is 1. The zero-order chi connectivity index (χ0) is 14.8. The summed E-state index contributed by atoms with van der Waals surface area (Å²) in [6.07, 6.45) is 1.09. The van der Waals surface area contributed by atoms with Crippen LogP contribution >= 0.6 is 11.8 Å². The molecule has 1 amide bonds. The van der Waals surface area contributed by atoms with Crippen LogP contribution in [0, 0.1) is 13.8 Å². The van der Waals surface area contributed by atoms with Crippen molar-refractivity contribution in [2.75, 3.05) is 11.5 Å². The molecule has 0 saturated carbocycles. The second-order valence-electron chi connectivity index (χ2n) is 5.76. The van der Waals surface area contributed by atoms with Gasteiger partial charge in [0.05, 0.1) is 6.04 Å². The summed E-state index contributed by atoms with van der Waals surface area (Å²) >= 11 is 1.79. The Labute approximate surface area is 125 Å². The maximum Gasteiger partial charge on any atom is 0.252 e. The van der Waals surface area contributed by atoms with Crippen LogP contribution in [0.2, 0.25) is 0 Å². The molecule has 2 N–H and O–H groups in total. The highest BCUT2D eigenvalue weighted by molar-refractivity contribution is 7.99. The molecule has 1 heterocycles. The monoisotopic (exact) mass is 293 g/mol. The van der Waals surface area contributed by atoms with Crippen molar-refractivity contribution in [3.8, 4) is 0 Å². The molecular formula is C16H23NO2S. The molecule has 0 radical (unpaired) electrons. The third-order valence-corrected chi connectivity index (χ3v) is 4.82. The number of aliphatic hydroxyl groups is 1. The first-order valence-electron chi connectivity index (χ1n) is 7.10. The van der Waals surface area contributed by atoms with E-state index in [0.29, 0.717) is 12.8 Å². The van der Waals surface area contributed by atoms with Crippen molar-refractivity contribution >= 4 is 17.7 Å². The third-order valence-electron chi connectivity index (χ3n) is 3.83. The highest BCUT2D eigenvalue weighted by Gasteiger charge is 2.37. The minimum Gasteiger partial charge on any atom is -0.380 e. The predicted octanol–water partition coefficient (Wildman–Crippen LogP) is 2.74. The fourth-order valence-electron chi connectivity index (χ4n) is 2.61. The van der Waals surface area contributed by atoms with Crippen LogP contribution in [0.15, 0.2) is 18.2 Å². The van der Waals surface area contributed by atoms with Crippen molar-refractivity contribution in [2.24, 2.45) is 0 Å². The number of aryl methyl sites for hydroxylation is 2. The van der Waals surface area contributed by atoms with Gasteiger partial charge in [-0.1, -0.05) is 29.3 Å². The van der Waals surface area contributed by atoms with Crippen LogP contribution in [0.1, 0.15) is 42.5 Å². The van der Waals surface area contributed by atoms with Crippen molar-refractivity contribution in [1.29, 1.82) is 0 Å². The van der Waals surface area contributed by atoms with Gasteiger partial charge in [-0.3, -0.25) is 4.79 Å². The Bertz CT molecular complexity index is 475. The lowest BCUT2D eigenvalue weighted by Gasteiger charge is -2.31. The fourth-order valence-corrected chi connectivity index (χ4v) is 3.78. The van der Waals surface area contributed by atoms with Gasteiger partial charge in [0.25, 0.3) is 5.91 Å². The average molecular weight is 293 g/mol. The maximum absolute atomic E-state index is 12.3. The second kappa shape index (κ2) is 6.19. The highest BCUT2D eigenvalue weighted by Crippen LogP contribution is 2.28. The number of carbonyl (C=O) groups is 1. The molecule has 0 spiro atoms. The van der Waals surface area contributed by atoms with Gasteiger partial charge in [0.15, 0.2) is 0 Å². The van der Waals surface area contributed by atoms with Crippen LogP contribution in [-0.2, 0) is 4.79 Å². The molecule has 1 saturated heterocycles. The van der Waals surface area contributed by atoms with Gasteiger partial charge in [-0.2, -0.15) is 11.8 Å². The van der Waals surface area contributed by atoms with Crippen molar-refractivity contribution < 1.29 is 9.90 Å². The summed E-state index contributed by atoms with van der Waals surface area (Å²) in [7, 11) is 0. The van der Waals surface area contributed by atoms with Gasteiger partial charge in [0, 0.05) is 0 Å². The molecule has 1 fully saturated rings. The van der Waals surface area contributed by atoms with E-state index in [1.165, 1.54) is 11.1 Å². The normalized spacial score (nSPS) is 19.4. The van der Waals surface area contributed by atoms with Crippen molar-refractivity contribution in [1.82, 2.24) is 5.32 Å². The minimum atomic E-state index is -1.18. The van der Waals surface area contributed by atoms with E-state index in [0.717, 1.165) is 17.1 Å². The SMILES string of the molecule is Cc1cc(C)cc(C(C)NC(=O)C2(O)CCSCC2)c1. The Morgan fingerprint density at radius 3 is 2.35 bits per heavy atom. The molecule has 1 aliphatic rings. The number of carbonyl (C=O) groups excluding carboxylic acids is 1. The van der Waals surface area contributed by atoms with Gasteiger partial charge in [-0.25, -0.2) is 0 Å². The van der Waals surface area contributed by atoms with E-state index in [2.05, 4.69) is 37.4 Å². The number of hydrogen-bond donors (Lipinski definition) is 2. The standard InChI is InChI=1S/C16H23NO2S/c1-11-8-12(2)10-14(9-11)13(3)17-15(18)16(19)4-6-20-7-5-16/h8-10,13,19H,4-7H2,1-3H3,(H,17,18). The zero-order valence-corrected chi connectivity index (χ0v) is 13.2. The number of hydrogen-bond acceptors (Lipinski definition) is 3. The molecule has 2 rings (SSSR count). The average Bonchev–Trinajstić information content (AvgIpc) is 2.38. The number of benzene rings is 1. The fraction of sp³-hybridized carbons (Fsp3) is 0.562. The van der Waals surface area contributed by atoms with E-state index in [1.54, 1.807) is 11.8 Å². The van der Waals surface area contributed by atoms with Gasteiger partial charge in [0.1, 0.15) is 5.60 Å². The molecule has 0 aliphatic carbocycles. The quantitative estimate of drug-likeness (QED) is 0.901. The van der Waals surface area contributed by atoms with E-state index in [-0.39, 0.29) is 11.9 Å². The summed E-state index contributed by atoms with van der Waals surface area (Å²) < 4.78 is 0. The van der Waals surface area contributed by atoms with E-state index in [1.807, 2.05) is 6.92 Å². The van der Waals surface area contributed by atoms with Crippen molar-refractivity contribution in [3.63, 3.8) is 0 Å². The van der Waals surface area contributed by atoms with Crippen LogP contribution in [0.4, 0.5) is 0 Å². The predicted molar refractivity (Wildman–Crippen MR) is 84.0 cm³/mol. The maximum atomic E-state index is 12.3. The molecule has 1 aliphatic heterocycles. The van der Waals surface area contributed by atoms with E-state index >= 15 is 0 Å². The lowest BCUT2D eigenvalue weighted by Crippen LogP contribution is -2.49. The largest absolute Gasteiger partial charge is 0.380 e. The third kappa shape index (κ3) is 3.55. The molecule has 1 aromatic rings. The molecule has 0 aromatic heterocycles. The highest BCUT2D eigenvalue weighted by atomic mass is 32.2. The summed E-state index contributed by atoms with van der Waals surface area (Å²) in [6.45, 7) is 6.07. The zero-order valence-electron chi connectivity index (χ0n) is 12.4. The number of nitrogens with one attached hydrogen (secondary N) is 1. The van der Waals surface area contributed by atoms with E-state index in [4.69, 9.17) is 0 Å². The molecule has 0 bridgehead atoms. The Balaban J connectivity index is 2.06. The van der Waals surface area contributed by atoms with Crippen LogP contribution < -0.4 is 5.32 Å². The first-order chi connectivity index (χ1) is 9.40. The van der Waals surface area contributed by atoms with Crippen LogP contribution in [0.25, 0.3) is 0 Å². The molecule has 1 atom stereocenters. The van der Waals surface area contributed by atoms with Gasteiger partial charge in [0.2, 0.25) is 0 Å². The molecule has 4 heteroatoms. The smallest absolute Gasteiger partial charge is 0.252 e. The summed E-state index contributed by atoms with van der Waals surface area (Å²) in [5.41, 5.74) is 2.28. The number of rotatable bonds is 3. The van der Waals surface area contributed by atoms with Gasteiger partial charge < -0.3 is 10.4 Å². The molecule has 110 valence electrons. The van der Waals surface area contributed by atoms with E-state index in [9.17, 15) is 9.90 Å². The molecule has 1 aromatic carbocycles. The molecule has 20 heavy (non-hydrogen) atoms. The topological polar surface area (TPSA) is 49.3 Å². The first-order valence-corrected chi connectivity index (χ1v) is 8.25. The van der Waals surface area contributed by atoms with Crippen molar-refractivity contribution in [2.45, 2.75) is 45.3 Å². The van der Waals surface area contributed by atoms with Crippen LogP contribution in [0.3, 0.4) is 0 Å². The van der Waals surface area contributed by atoms with Crippen LogP contribution in [-0.4, -0.2) is 28.1 Å². The Kier molecular flexibility index (Phi) is 4.76. The molecular weight excluding hydrogens is 270 g/mol. The van der Waals surface area contributed by atoms with Crippen molar-refractivity contribution in [3.05, 3.63) is 34.9 Å².